The average Bonchev–Trinajstić information content (AvgIpc) is 3.51. The highest BCUT2D eigenvalue weighted by Gasteiger charge is 2.18. The minimum absolute atomic E-state index is 0.0339. The second kappa shape index (κ2) is 12.7. The number of hydrogen-bond donors (Lipinski definition) is 1. The number of aryl methyl sites for hydroxylation is 1. The van der Waals surface area contributed by atoms with Gasteiger partial charge in [0, 0.05) is 60.0 Å². The first-order chi connectivity index (χ1) is 21.4. The number of rotatable bonds is 9. The zero-order chi connectivity index (χ0) is 30.6. The molecule has 1 fully saturated rings. The Labute approximate surface area is 253 Å². The summed E-state index contributed by atoms with van der Waals surface area (Å²) in [5, 5.41) is 4.47. The van der Waals surface area contributed by atoms with Gasteiger partial charge in [0.1, 0.15) is 17.7 Å². The van der Waals surface area contributed by atoms with E-state index in [0.717, 1.165) is 27.8 Å². The number of nitrogen functional groups attached to an aromatic ring is 1. The molecule has 0 bridgehead atoms. The van der Waals surface area contributed by atoms with Gasteiger partial charge in [-0.25, -0.2) is 9.37 Å². The number of carbonyl (C=O) groups is 1. The number of anilines is 1. The number of nitrogens with two attached hydrogens (primary N) is 1. The van der Waals surface area contributed by atoms with Crippen molar-refractivity contribution in [1.82, 2.24) is 19.3 Å². The standard InChI is InChI=1S/C34H32FN5O4/c1-2-39-19-30(24-7-9-27(35)10-8-24)33(42)31(20-39)32(41)13-22-3-5-23(6-4-22)29-14-25(15-37-34(29)36)26-16-38-40(17-26)18-28-21-43-11-12-44-28/h3-10,14-17,19-20,28H,2,11-13,18,21H2,1H3,(H2,36,37)/t28-/m0/s1. The van der Waals surface area contributed by atoms with Gasteiger partial charge in [-0.05, 0) is 41.8 Å². The van der Waals surface area contributed by atoms with Crippen molar-refractivity contribution in [2.24, 2.45) is 0 Å². The molecule has 6 rings (SSSR count). The minimum Gasteiger partial charge on any atom is -0.383 e. The van der Waals surface area contributed by atoms with Crippen LogP contribution in [0.15, 0.2) is 90.4 Å². The average molecular weight is 594 g/mol. The molecule has 1 aliphatic heterocycles. The van der Waals surface area contributed by atoms with E-state index in [9.17, 15) is 14.0 Å². The highest BCUT2D eigenvalue weighted by Crippen LogP contribution is 2.30. The maximum atomic E-state index is 13.5. The Morgan fingerprint density at radius 1 is 0.955 bits per heavy atom. The Bertz CT molecular complexity index is 1840. The lowest BCUT2D eigenvalue weighted by Gasteiger charge is -2.22. The van der Waals surface area contributed by atoms with Gasteiger partial charge in [-0.1, -0.05) is 36.4 Å². The lowest BCUT2D eigenvalue weighted by Crippen LogP contribution is -2.32. The van der Waals surface area contributed by atoms with Crippen LogP contribution in [0.25, 0.3) is 33.4 Å². The van der Waals surface area contributed by atoms with Crippen LogP contribution in [0.5, 0.6) is 0 Å². The summed E-state index contributed by atoms with van der Waals surface area (Å²) >= 11 is 0. The topological polar surface area (TPSA) is 114 Å². The largest absolute Gasteiger partial charge is 0.383 e. The van der Waals surface area contributed by atoms with Gasteiger partial charge in [0.15, 0.2) is 11.2 Å². The number of aromatic nitrogens is 4. The third-order valence-electron chi connectivity index (χ3n) is 7.69. The Morgan fingerprint density at radius 3 is 2.43 bits per heavy atom. The molecule has 44 heavy (non-hydrogen) atoms. The van der Waals surface area contributed by atoms with Crippen molar-refractivity contribution < 1.29 is 18.7 Å². The van der Waals surface area contributed by atoms with Crippen molar-refractivity contribution in [3.05, 3.63) is 113 Å². The first-order valence-corrected chi connectivity index (χ1v) is 14.5. The zero-order valence-electron chi connectivity index (χ0n) is 24.3. The lowest BCUT2D eigenvalue weighted by atomic mass is 9.97. The molecule has 9 nitrogen and oxygen atoms in total. The van der Waals surface area contributed by atoms with Crippen LogP contribution >= 0.6 is 0 Å². The van der Waals surface area contributed by atoms with Crippen molar-refractivity contribution in [2.45, 2.75) is 32.5 Å². The molecule has 2 N–H and O–H groups in total. The number of pyridine rings is 2. The molecule has 0 radical (unpaired) electrons. The smallest absolute Gasteiger partial charge is 0.200 e. The zero-order valence-corrected chi connectivity index (χ0v) is 24.3. The van der Waals surface area contributed by atoms with Crippen LogP contribution in [-0.4, -0.2) is 51.0 Å². The summed E-state index contributed by atoms with van der Waals surface area (Å²) in [6.45, 7) is 4.84. The van der Waals surface area contributed by atoms with Crippen molar-refractivity contribution in [2.75, 3.05) is 25.6 Å². The molecule has 1 aliphatic rings. The second-order valence-electron chi connectivity index (χ2n) is 10.7. The molecule has 0 aliphatic carbocycles. The second-order valence-corrected chi connectivity index (χ2v) is 10.7. The van der Waals surface area contributed by atoms with Gasteiger partial charge in [0.2, 0.25) is 0 Å². The number of Topliss-reactive ketones (excluding diaryl/α,β-unsaturated/α-hetero) is 1. The van der Waals surface area contributed by atoms with E-state index >= 15 is 0 Å². The van der Waals surface area contributed by atoms with Gasteiger partial charge < -0.3 is 19.8 Å². The maximum Gasteiger partial charge on any atom is 0.200 e. The fourth-order valence-electron chi connectivity index (χ4n) is 5.26. The molecule has 4 heterocycles. The van der Waals surface area contributed by atoms with Gasteiger partial charge in [0.05, 0.1) is 38.1 Å². The summed E-state index contributed by atoms with van der Waals surface area (Å²) in [6, 6.07) is 15.2. The maximum absolute atomic E-state index is 13.5. The van der Waals surface area contributed by atoms with Crippen LogP contribution in [0.2, 0.25) is 0 Å². The van der Waals surface area contributed by atoms with E-state index in [4.69, 9.17) is 15.2 Å². The van der Waals surface area contributed by atoms with E-state index in [1.165, 1.54) is 12.1 Å². The van der Waals surface area contributed by atoms with Crippen molar-refractivity contribution >= 4 is 11.6 Å². The van der Waals surface area contributed by atoms with Crippen LogP contribution in [0.3, 0.4) is 0 Å². The summed E-state index contributed by atoms with van der Waals surface area (Å²) in [5.74, 6) is -0.299. The third-order valence-corrected chi connectivity index (χ3v) is 7.69. The summed E-state index contributed by atoms with van der Waals surface area (Å²) in [5.41, 5.74) is 11.0. The van der Waals surface area contributed by atoms with Crippen LogP contribution < -0.4 is 11.2 Å². The molecule has 0 unspecified atom stereocenters. The van der Waals surface area contributed by atoms with Crippen LogP contribution in [0.1, 0.15) is 22.8 Å². The van der Waals surface area contributed by atoms with E-state index in [1.54, 1.807) is 41.5 Å². The highest BCUT2D eigenvalue weighted by atomic mass is 19.1. The van der Waals surface area contributed by atoms with E-state index in [1.807, 2.05) is 48.1 Å². The van der Waals surface area contributed by atoms with Gasteiger partial charge in [0.25, 0.3) is 0 Å². The van der Waals surface area contributed by atoms with Crippen molar-refractivity contribution in [3.63, 3.8) is 0 Å². The summed E-state index contributed by atoms with van der Waals surface area (Å²) in [7, 11) is 0. The summed E-state index contributed by atoms with van der Waals surface area (Å²) in [6.07, 6.45) is 8.74. The molecular weight excluding hydrogens is 561 g/mol. The Kier molecular flexibility index (Phi) is 8.44. The first-order valence-electron chi connectivity index (χ1n) is 14.5. The number of ether oxygens (including phenoxy) is 2. The molecule has 0 amide bonds. The van der Waals surface area contributed by atoms with E-state index < -0.39 is 5.82 Å². The molecule has 10 heteroatoms. The van der Waals surface area contributed by atoms with E-state index in [0.29, 0.717) is 49.9 Å². The van der Waals surface area contributed by atoms with Crippen LogP contribution in [0, 0.1) is 5.82 Å². The molecule has 3 aromatic heterocycles. The normalized spacial score (nSPS) is 14.9. The molecule has 224 valence electrons. The number of benzene rings is 2. The Balaban J connectivity index is 1.20. The van der Waals surface area contributed by atoms with Gasteiger partial charge >= 0.3 is 0 Å². The number of carbonyl (C=O) groups excluding carboxylic acids is 1. The molecule has 5 aromatic rings. The number of hydrogen-bond acceptors (Lipinski definition) is 7. The molecule has 0 saturated carbocycles. The number of ketones is 1. The van der Waals surface area contributed by atoms with Gasteiger partial charge in [-0.15, -0.1) is 0 Å². The highest BCUT2D eigenvalue weighted by molar-refractivity contribution is 5.98. The predicted molar refractivity (Wildman–Crippen MR) is 166 cm³/mol. The first kappa shape index (κ1) is 29.2. The quantitative estimate of drug-likeness (QED) is 0.239. The van der Waals surface area contributed by atoms with E-state index in [-0.39, 0.29) is 29.3 Å². The molecule has 1 saturated heterocycles. The monoisotopic (exact) mass is 593 g/mol. The third kappa shape index (κ3) is 6.36. The van der Waals surface area contributed by atoms with Crippen molar-refractivity contribution in [3.8, 4) is 33.4 Å². The fourth-order valence-corrected chi connectivity index (χ4v) is 5.26. The number of nitrogens with zero attached hydrogens (tertiary/aromatic N) is 4. The molecule has 0 spiro atoms. The number of halogens is 1. The molecular formula is C34H32FN5O4. The summed E-state index contributed by atoms with van der Waals surface area (Å²) in [4.78, 5) is 31.1. The fraction of sp³-hybridized carbons (Fsp3) is 0.235. The minimum atomic E-state index is -0.392. The van der Waals surface area contributed by atoms with E-state index in [2.05, 4.69) is 10.1 Å². The Morgan fingerprint density at radius 2 is 1.70 bits per heavy atom. The van der Waals surface area contributed by atoms with Gasteiger partial charge in [-0.2, -0.15) is 5.10 Å². The predicted octanol–water partition coefficient (Wildman–Crippen LogP) is 5.02. The molecule has 1 atom stereocenters. The SMILES string of the molecule is CCn1cc(C(=O)Cc2ccc(-c3cc(-c4cnn(C[C@H]5COCCO5)c4)cnc3N)cc2)c(=O)c(-c2ccc(F)cc2)c1. The van der Waals surface area contributed by atoms with Crippen molar-refractivity contribution in [1.29, 1.82) is 0 Å². The summed E-state index contributed by atoms with van der Waals surface area (Å²) < 4.78 is 28.3. The lowest BCUT2D eigenvalue weighted by molar-refractivity contribution is -0.0946. The molecule has 2 aromatic carbocycles. The van der Waals surface area contributed by atoms with Crippen LogP contribution in [-0.2, 0) is 29.0 Å². The Hall–Kier alpha value is -4.93. The van der Waals surface area contributed by atoms with Crippen LogP contribution in [0.4, 0.5) is 10.2 Å². The van der Waals surface area contributed by atoms with Gasteiger partial charge in [-0.3, -0.25) is 14.3 Å².